The van der Waals surface area contributed by atoms with Gasteiger partial charge >= 0.3 is 0 Å². The zero-order valence-corrected chi connectivity index (χ0v) is 20.5. The van der Waals surface area contributed by atoms with Crippen LogP contribution < -0.4 is 15.0 Å². The van der Waals surface area contributed by atoms with Gasteiger partial charge in [0.15, 0.2) is 6.10 Å². The number of amides is 1. The lowest BCUT2D eigenvalue weighted by Gasteiger charge is -2.36. The fourth-order valence-electron chi connectivity index (χ4n) is 4.73. The van der Waals surface area contributed by atoms with Gasteiger partial charge in [0.1, 0.15) is 5.75 Å². The van der Waals surface area contributed by atoms with E-state index in [1.54, 1.807) is 0 Å². The lowest BCUT2D eigenvalue weighted by molar-refractivity contribution is -0.128. The smallest absolute Gasteiger partial charge is 0.263 e. The fourth-order valence-corrected chi connectivity index (χ4v) is 4.73. The first-order chi connectivity index (χ1) is 16.7. The molecule has 2 aliphatic rings. The van der Waals surface area contributed by atoms with Gasteiger partial charge in [-0.3, -0.25) is 9.48 Å². The molecule has 3 aromatic rings. The second-order valence-electron chi connectivity index (χ2n) is 8.90. The quantitative estimate of drug-likeness (QED) is 0.559. The van der Waals surface area contributed by atoms with Gasteiger partial charge in [0.2, 0.25) is 0 Å². The molecule has 2 aromatic carbocycles. The molecule has 1 aliphatic carbocycles. The first kappa shape index (κ1) is 23.9. The van der Waals surface area contributed by atoms with E-state index in [1.165, 1.54) is 24.8 Å². The molecule has 5 rings (SSSR count). The lowest BCUT2D eigenvalue weighted by Crippen LogP contribution is -2.51. The van der Waals surface area contributed by atoms with Crippen molar-refractivity contribution in [3.63, 3.8) is 0 Å². The van der Waals surface area contributed by atoms with E-state index in [9.17, 15) is 4.79 Å². The van der Waals surface area contributed by atoms with Crippen LogP contribution in [-0.4, -0.2) is 34.4 Å². The molecule has 0 radical (unpaired) electrons. The number of carbonyl (C=O) groups is 1. The normalized spacial score (nSPS) is 17.7. The zero-order chi connectivity index (χ0) is 23.9. The van der Waals surface area contributed by atoms with E-state index in [4.69, 9.17) is 4.74 Å². The average molecular weight is 461 g/mol. The van der Waals surface area contributed by atoms with Crippen LogP contribution in [0.3, 0.4) is 0 Å². The van der Waals surface area contributed by atoms with Crippen LogP contribution in [-0.2, 0) is 18.4 Å². The maximum absolute atomic E-state index is 13.0. The maximum atomic E-state index is 13.0. The number of para-hydroxylation sites is 2. The van der Waals surface area contributed by atoms with Gasteiger partial charge in [-0.1, -0.05) is 69.5 Å². The Morgan fingerprint density at radius 1 is 1.03 bits per heavy atom. The summed E-state index contributed by atoms with van der Waals surface area (Å²) in [4.78, 5) is 15.3. The summed E-state index contributed by atoms with van der Waals surface area (Å²) in [5.74, 6) is 0.776. The molecule has 6 heteroatoms. The number of anilines is 1. The molecular formula is C28H36N4O2. The number of benzene rings is 2. The number of rotatable bonds is 5. The van der Waals surface area contributed by atoms with Gasteiger partial charge in [0.25, 0.3) is 5.91 Å². The molecule has 1 atom stereocenters. The van der Waals surface area contributed by atoms with Gasteiger partial charge < -0.3 is 15.0 Å². The Morgan fingerprint density at radius 2 is 1.76 bits per heavy atom. The second-order valence-corrected chi connectivity index (χ2v) is 8.90. The highest BCUT2D eigenvalue weighted by atomic mass is 16.5. The van der Waals surface area contributed by atoms with Crippen molar-refractivity contribution >= 4 is 11.6 Å². The second kappa shape index (κ2) is 11.2. The number of ether oxygens (including phenoxy) is 1. The minimum Gasteiger partial charge on any atom is -0.477 e. The van der Waals surface area contributed by atoms with Gasteiger partial charge in [-0.05, 0) is 36.1 Å². The van der Waals surface area contributed by atoms with Gasteiger partial charge in [-0.15, -0.1) is 0 Å². The summed E-state index contributed by atoms with van der Waals surface area (Å²) in [7, 11) is 1.93. The molecule has 34 heavy (non-hydrogen) atoms. The Labute approximate surface area is 202 Å². The average Bonchev–Trinajstić information content (AvgIpc) is 3.32. The number of aryl methyl sites for hydroxylation is 1. The number of fused-ring (bicyclic) bond motifs is 1. The Balaban J connectivity index is 0.00000133. The van der Waals surface area contributed by atoms with E-state index in [-0.39, 0.29) is 11.9 Å². The van der Waals surface area contributed by atoms with Crippen LogP contribution in [0.5, 0.6) is 5.75 Å². The van der Waals surface area contributed by atoms with Crippen LogP contribution in [0.1, 0.15) is 51.5 Å². The van der Waals surface area contributed by atoms with E-state index in [1.807, 2.05) is 56.2 Å². The Bertz CT molecular complexity index is 1070. The summed E-state index contributed by atoms with van der Waals surface area (Å²) in [6.45, 7) is 5.26. The molecule has 0 saturated heterocycles. The summed E-state index contributed by atoms with van der Waals surface area (Å²) < 4.78 is 7.93. The molecule has 1 amide bonds. The first-order valence-corrected chi connectivity index (χ1v) is 12.5. The van der Waals surface area contributed by atoms with Crippen LogP contribution in [0.15, 0.2) is 60.9 Å². The summed E-state index contributed by atoms with van der Waals surface area (Å²) in [5.41, 5.74) is 4.48. The van der Waals surface area contributed by atoms with Crippen LogP contribution >= 0.6 is 0 Å². The minimum atomic E-state index is -0.499. The van der Waals surface area contributed by atoms with Gasteiger partial charge in [0.05, 0.1) is 18.4 Å². The van der Waals surface area contributed by atoms with Crippen molar-refractivity contribution in [1.82, 2.24) is 15.1 Å². The Hall–Kier alpha value is -3.28. The number of aromatic nitrogens is 2. The topological polar surface area (TPSA) is 59.4 Å². The molecule has 1 N–H and O–H groups in total. The van der Waals surface area contributed by atoms with Gasteiger partial charge in [-0.2, -0.15) is 5.10 Å². The fraction of sp³-hybridized carbons (Fsp3) is 0.429. The highest BCUT2D eigenvalue weighted by molar-refractivity contribution is 5.83. The number of hydrogen-bond acceptors (Lipinski definition) is 4. The number of nitrogens with zero attached hydrogens (tertiary/aromatic N) is 3. The maximum Gasteiger partial charge on any atom is 0.263 e. The Kier molecular flexibility index (Phi) is 7.88. The van der Waals surface area contributed by atoms with Crippen molar-refractivity contribution < 1.29 is 9.53 Å². The lowest BCUT2D eigenvalue weighted by atomic mass is 9.95. The predicted molar refractivity (Wildman–Crippen MR) is 137 cm³/mol. The SMILES string of the molecule is CC.Cn1cc(-c2ccc(CN3CC(C(=O)NC4CCCCC4)Oc4ccccc43)cc2)cn1. The zero-order valence-electron chi connectivity index (χ0n) is 20.5. The van der Waals surface area contributed by atoms with E-state index < -0.39 is 6.10 Å². The van der Waals surface area contributed by atoms with Crippen molar-refractivity contribution in [2.24, 2.45) is 7.05 Å². The van der Waals surface area contributed by atoms with Crippen LogP contribution in [0.25, 0.3) is 11.1 Å². The third-order valence-corrected chi connectivity index (χ3v) is 6.47. The van der Waals surface area contributed by atoms with Crippen molar-refractivity contribution in [2.45, 2.75) is 64.6 Å². The van der Waals surface area contributed by atoms with E-state index in [2.05, 4.69) is 45.6 Å². The molecule has 180 valence electrons. The van der Waals surface area contributed by atoms with Crippen LogP contribution in [0, 0.1) is 0 Å². The molecule has 1 fully saturated rings. The summed E-state index contributed by atoms with van der Waals surface area (Å²) in [5, 5.41) is 7.49. The van der Waals surface area contributed by atoms with E-state index in [0.29, 0.717) is 6.54 Å². The van der Waals surface area contributed by atoms with Crippen molar-refractivity contribution in [3.05, 3.63) is 66.5 Å². The van der Waals surface area contributed by atoms with Gasteiger partial charge in [0, 0.05) is 31.4 Å². The van der Waals surface area contributed by atoms with Crippen molar-refractivity contribution in [1.29, 1.82) is 0 Å². The molecule has 1 saturated carbocycles. The summed E-state index contributed by atoms with van der Waals surface area (Å²) in [6.07, 6.45) is 9.20. The molecular weight excluding hydrogens is 424 g/mol. The van der Waals surface area contributed by atoms with Crippen molar-refractivity contribution in [3.8, 4) is 16.9 Å². The molecule has 0 bridgehead atoms. The van der Waals surface area contributed by atoms with Crippen molar-refractivity contribution in [2.75, 3.05) is 11.4 Å². The number of hydrogen-bond donors (Lipinski definition) is 1. The van der Waals surface area contributed by atoms with Gasteiger partial charge in [-0.25, -0.2) is 0 Å². The number of carbonyl (C=O) groups excluding carboxylic acids is 1. The molecule has 1 aromatic heterocycles. The highest BCUT2D eigenvalue weighted by Gasteiger charge is 2.32. The van der Waals surface area contributed by atoms with Crippen LogP contribution in [0.2, 0.25) is 0 Å². The minimum absolute atomic E-state index is 0.00308. The van der Waals surface area contributed by atoms with Crippen LogP contribution in [0.4, 0.5) is 5.69 Å². The number of nitrogens with one attached hydrogen (secondary N) is 1. The molecule has 0 spiro atoms. The molecule has 1 aliphatic heterocycles. The third-order valence-electron chi connectivity index (χ3n) is 6.47. The third kappa shape index (κ3) is 5.61. The summed E-state index contributed by atoms with van der Waals surface area (Å²) >= 11 is 0. The first-order valence-electron chi connectivity index (χ1n) is 12.5. The Morgan fingerprint density at radius 3 is 2.47 bits per heavy atom. The molecule has 6 nitrogen and oxygen atoms in total. The predicted octanol–water partition coefficient (Wildman–Crippen LogP) is 5.33. The van der Waals surface area contributed by atoms with E-state index >= 15 is 0 Å². The standard InChI is InChI=1S/C26H30N4O2.C2H6/c1-29-17-21(15-27-29)20-13-11-19(12-14-20)16-30-18-25(32-24-10-6-5-9-23(24)30)26(31)28-22-7-3-2-4-8-22;1-2/h5-6,9-15,17,22,25H,2-4,7-8,16,18H2,1H3,(H,28,31);1-2H3. The molecule has 2 heterocycles. The largest absolute Gasteiger partial charge is 0.477 e. The van der Waals surface area contributed by atoms with E-state index in [0.717, 1.165) is 42.0 Å². The highest BCUT2D eigenvalue weighted by Crippen LogP contribution is 2.34. The monoisotopic (exact) mass is 460 g/mol. The summed E-state index contributed by atoms with van der Waals surface area (Å²) in [6, 6.07) is 16.8. The molecule has 1 unspecified atom stereocenters.